The predicted molar refractivity (Wildman–Crippen MR) is 234 cm³/mol. The van der Waals surface area contributed by atoms with E-state index in [0.717, 1.165) is 23.0 Å². The summed E-state index contributed by atoms with van der Waals surface area (Å²) in [4.78, 5) is 0. The summed E-state index contributed by atoms with van der Waals surface area (Å²) in [6.07, 6.45) is 9.13. The van der Waals surface area contributed by atoms with Crippen LogP contribution in [0.4, 0.5) is 0 Å². The zero-order valence-electron chi connectivity index (χ0n) is 32.1. The Balaban J connectivity index is 1.07. The number of furan rings is 1. The number of hydrogen-bond donors (Lipinski definition) is 0. The van der Waals surface area contributed by atoms with Crippen molar-refractivity contribution in [1.29, 1.82) is 0 Å². The van der Waals surface area contributed by atoms with Gasteiger partial charge in [0.15, 0.2) is 0 Å². The van der Waals surface area contributed by atoms with Crippen LogP contribution in [0.1, 0.15) is 68.5 Å². The number of rotatable bonds is 10. The summed E-state index contributed by atoms with van der Waals surface area (Å²) in [6, 6.07) is 60.0. The molecule has 1 heterocycles. The molecule has 1 unspecified atom stereocenters. The van der Waals surface area contributed by atoms with Crippen molar-refractivity contribution in [2.75, 3.05) is 0 Å². The maximum absolute atomic E-state index is 5.71. The number of allylic oxidation sites excluding steroid dienone is 3. The van der Waals surface area contributed by atoms with Gasteiger partial charge in [0, 0.05) is 16.9 Å². The van der Waals surface area contributed by atoms with Gasteiger partial charge in [-0.1, -0.05) is 181 Å². The third kappa shape index (κ3) is 7.93. The molecule has 7 aromatic carbocycles. The van der Waals surface area contributed by atoms with Crippen LogP contribution in [0.5, 0.6) is 0 Å². The molecule has 55 heavy (non-hydrogen) atoms. The summed E-state index contributed by atoms with van der Waals surface area (Å²) in [5.41, 5.74) is 19.8. The smallest absolute Gasteiger partial charge is 0.134 e. The van der Waals surface area contributed by atoms with Crippen molar-refractivity contribution in [3.05, 3.63) is 238 Å². The van der Waals surface area contributed by atoms with Crippen LogP contribution in [0.3, 0.4) is 0 Å². The fourth-order valence-corrected chi connectivity index (χ4v) is 7.82. The van der Waals surface area contributed by atoms with Crippen molar-refractivity contribution in [3.8, 4) is 22.3 Å². The molecule has 0 aliphatic carbocycles. The number of hydrogen-bond acceptors (Lipinski definition) is 1. The Kier molecular flexibility index (Phi) is 10.3. The molecule has 0 amide bonds. The van der Waals surface area contributed by atoms with Gasteiger partial charge in [-0.05, 0) is 113 Å². The summed E-state index contributed by atoms with van der Waals surface area (Å²) in [7, 11) is 0. The Morgan fingerprint density at radius 2 is 1.27 bits per heavy atom. The molecule has 0 aliphatic rings. The van der Waals surface area contributed by atoms with Crippen LogP contribution in [-0.4, -0.2) is 0 Å². The van der Waals surface area contributed by atoms with Crippen LogP contribution in [0.15, 0.2) is 187 Å². The molecule has 0 radical (unpaired) electrons. The van der Waals surface area contributed by atoms with Crippen molar-refractivity contribution in [2.45, 2.75) is 40.0 Å². The predicted octanol–water partition coefficient (Wildman–Crippen LogP) is 14.6. The maximum atomic E-state index is 5.71. The first-order valence-corrected chi connectivity index (χ1v) is 19.2. The number of aryl methyl sites for hydroxylation is 3. The van der Waals surface area contributed by atoms with E-state index in [4.69, 9.17) is 4.42 Å². The van der Waals surface area contributed by atoms with Gasteiger partial charge in [0.1, 0.15) is 5.58 Å². The van der Waals surface area contributed by atoms with E-state index in [0.29, 0.717) is 0 Å². The molecule has 1 nitrogen and oxygen atoms in total. The van der Waals surface area contributed by atoms with Gasteiger partial charge in [-0.15, -0.1) is 0 Å². The topological polar surface area (TPSA) is 13.1 Å². The first-order valence-electron chi connectivity index (χ1n) is 19.2. The lowest BCUT2D eigenvalue weighted by Gasteiger charge is -2.20. The van der Waals surface area contributed by atoms with E-state index in [2.05, 4.69) is 192 Å². The SMILES string of the molecule is C/C(=C\C=C/c1coc2ccccc12)c1ccc(C(c2ccc(-c3ccc(C)c(-c4ccccc4Cc4cccc(C)c4)c3)cc2)c2cccc(C)c2)cc1. The fourth-order valence-electron chi connectivity index (χ4n) is 7.82. The molecule has 1 aromatic heterocycles. The quantitative estimate of drug-likeness (QED) is 0.102. The molecule has 0 saturated carbocycles. The second-order valence-electron chi connectivity index (χ2n) is 14.8. The zero-order valence-corrected chi connectivity index (χ0v) is 32.1. The van der Waals surface area contributed by atoms with E-state index in [9.17, 15) is 0 Å². The Labute approximate surface area is 326 Å². The minimum Gasteiger partial charge on any atom is -0.464 e. The maximum Gasteiger partial charge on any atom is 0.134 e. The normalized spacial score (nSPS) is 12.4. The molecular weight excluding hydrogens is 665 g/mol. The molecule has 268 valence electrons. The summed E-state index contributed by atoms with van der Waals surface area (Å²) >= 11 is 0. The molecule has 8 aromatic rings. The molecule has 0 fully saturated rings. The van der Waals surface area contributed by atoms with Crippen LogP contribution >= 0.6 is 0 Å². The van der Waals surface area contributed by atoms with Gasteiger partial charge in [0.05, 0.1) is 6.26 Å². The molecule has 0 spiro atoms. The van der Waals surface area contributed by atoms with Crippen LogP contribution in [-0.2, 0) is 6.42 Å². The summed E-state index contributed by atoms with van der Waals surface area (Å²) < 4.78 is 5.71. The highest BCUT2D eigenvalue weighted by Gasteiger charge is 2.18. The van der Waals surface area contributed by atoms with Crippen LogP contribution in [0, 0.1) is 20.8 Å². The van der Waals surface area contributed by atoms with Crippen LogP contribution in [0.25, 0.3) is 44.9 Å². The lowest BCUT2D eigenvalue weighted by molar-refractivity contribution is 0.615. The molecule has 1 heteroatoms. The van der Waals surface area contributed by atoms with Crippen molar-refractivity contribution in [1.82, 2.24) is 0 Å². The van der Waals surface area contributed by atoms with Crippen LogP contribution in [0.2, 0.25) is 0 Å². The second kappa shape index (κ2) is 15.9. The minimum atomic E-state index is 0.114. The van der Waals surface area contributed by atoms with Crippen molar-refractivity contribution in [3.63, 3.8) is 0 Å². The highest BCUT2D eigenvalue weighted by Crippen LogP contribution is 2.36. The van der Waals surface area contributed by atoms with E-state index < -0.39 is 0 Å². The molecular formula is C54H46O. The van der Waals surface area contributed by atoms with E-state index in [1.165, 1.54) is 77.9 Å². The first kappa shape index (κ1) is 35.6. The minimum absolute atomic E-state index is 0.114. The highest BCUT2D eigenvalue weighted by atomic mass is 16.3. The average Bonchev–Trinajstić information content (AvgIpc) is 3.62. The van der Waals surface area contributed by atoms with Gasteiger partial charge >= 0.3 is 0 Å². The fraction of sp³-hybridized carbons (Fsp3) is 0.111. The standard InChI is InChI=1S/C54H46O/c1-37-12-9-15-41(32-37)34-47-16-5-6-19-50(47)52-35-46(23-22-40(52)4)43-26-30-45(31-27-43)54(48-17-10-13-38(2)33-48)44-28-24-42(25-29-44)39(3)14-11-18-49-36-55-53-21-8-7-20-51(49)53/h5-33,35-36,54H,34H2,1-4H3/b18-11-,39-14+. The van der Waals surface area contributed by atoms with Gasteiger partial charge in [-0.3, -0.25) is 0 Å². The summed E-state index contributed by atoms with van der Waals surface area (Å²) in [6.45, 7) is 8.73. The Bertz CT molecular complexity index is 2650. The van der Waals surface area contributed by atoms with Crippen molar-refractivity contribution in [2.24, 2.45) is 0 Å². The van der Waals surface area contributed by atoms with E-state index in [1.54, 1.807) is 0 Å². The molecule has 0 aliphatic heterocycles. The van der Waals surface area contributed by atoms with E-state index in [-0.39, 0.29) is 5.92 Å². The average molecular weight is 711 g/mol. The Morgan fingerprint density at radius 3 is 2.05 bits per heavy atom. The number of benzene rings is 7. The second-order valence-corrected chi connectivity index (χ2v) is 14.8. The van der Waals surface area contributed by atoms with Gasteiger partial charge in [-0.25, -0.2) is 0 Å². The van der Waals surface area contributed by atoms with Crippen molar-refractivity contribution < 1.29 is 4.42 Å². The largest absolute Gasteiger partial charge is 0.464 e. The van der Waals surface area contributed by atoms with E-state index >= 15 is 0 Å². The third-order valence-electron chi connectivity index (χ3n) is 10.8. The third-order valence-corrected chi connectivity index (χ3v) is 10.8. The Hall–Kier alpha value is -6.44. The number of para-hydroxylation sites is 1. The highest BCUT2D eigenvalue weighted by molar-refractivity contribution is 5.87. The Morgan fingerprint density at radius 1 is 0.582 bits per heavy atom. The van der Waals surface area contributed by atoms with Gasteiger partial charge in [-0.2, -0.15) is 0 Å². The van der Waals surface area contributed by atoms with Gasteiger partial charge < -0.3 is 4.42 Å². The number of fused-ring (bicyclic) bond motifs is 1. The lowest BCUT2D eigenvalue weighted by Crippen LogP contribution is -2.04. The molecule has 0 bridgehead atoms. The first-order chi connectivity index (χ1) is 26.9. The van der Waals surface area contributed by atoms with Crippen molar-refractivity contribution >= 4 is 22.6 Å². The lowest BCUT2D eigenvalue weighted by atomic mass is 9.83. The molecule has 8 rings (SSSR count). The molecule has 0 N–H and O–H groups in total. The van der Waals surface area contributed by atoms with Gasteiger partial charge in [0.2, 0.25) is 0 Å². The van der Waals surface area contributed by atoms with Gasteiger partial charge in [0.25, 0.3) is 0 Å². The summed E-state index contributed by atoms with van der Waals surface area (Å²) in [5.74, 6) is 0.114. The van der Waals surface area contributed by atoms with E-state index in [1.807, 2.05) is 24.5 Å². The molecule has 1 atom stereocenters. The zero-order chi connectivity index (χ0) is 37.7. The summed E-state index contributed by atoms with van der Waals surface area (Å²) in [5, 5.41) is 1.13. The monoisotopic (exact) mass is 710 g/mol. The molecule has 0 saturated heterocycles. The van der Waals surface area contributed by atoms with Crippen LogP contribution < -0.4 is 0 Å².